The van der Waals surface area contributed by atoms with Gasteiger partial charge in [0.1, 0.15) is 11.9 Å². The van der Waals surface area contributed by atoms with Gasteiger partial charge in [0.15, 0.2) is 0 Å². The van der Waals surface area contributed by atoms with E-state index in [0.717, 1.165) is 10.0 Å². The van der Waals surface area contributed by atoms with E-state index in [1.54, 1.807) is 24.1 Å². The largest absolute Gasteiger partial charge is 0.350 e. The predicted octanol–water partition coefficient (Wildman–Crippen LogP) is 3.03. The maximum Gasteiger partial charge on any atom is 0.240 e. The molecule has 1 aromatic carbocycles. The molecule has 0 aliphatic rings. The number of aromatic nitrogens is 1. The number of rotatable bonds is 5. The maximum absolute atomic E-state index is 12.2. The number of likely N-dealkylation sites (N-methyl/N-ethyl adjacent to an activating group) is 1. The number of hydrogen-bond acceptors (Lipinski definition) is 4. The summed E-state index contributed by atoms with van der Waals surface area (Å²) in [5.74, 6) is 0.556. The van der Waals surface area contributed by atoms with Gasteiger partial charge in [-0.1, -0.05) is 28.1 Å². The standard InChI is InChI=1S/C17H17BrN4O/c1-12(14-4-3-5-15(18)8-14)21-17(23)11-22(2)16-7-6-13(9-19)10-20-16/h3-8,10,12H,11H2,1-2H3,(H,21,23)/t12-/m1/s1. The summed E-state index contributed by atoms with van der Waals surface area (Å²) < 4.78 is 0.981. The number of nitrogens with zero attached hydrogens (tertiary/aromatic N) is 3. The highest BCUT2D eigenvalue weighted by molar-refractivity contribution is 9.10. The van der Waals surface area contributed by atoms with Gasteiger partial charge in [-0.05, 0) is 36.8 Å². The summed E-state index contributed by atoms with van der Waals surface area (Å²) in [6.07, 6.45) is 1.49. The smallest absolute Gasteiger partial charge is 0.240 e. The van der Waals surface area contributed by atoms with E-state index in [2.05, 4.69) is 26.2 Å². The summed E-state index contributed by atoms with van der Waals surface area (Å²) in [5, 5.41) is 11.7. The Kier molecular flexibility index (Phi) is 5.72. The molecule has 2 aromatic rings. The van der Waals surface area contributed by atoms with Crippen molar-refractivity contribution in [2.24, 2.45) is 0 Å². The molecule has 0 spiro atoms. The monoisotopic (exact) mass is 372 g/mol. The Morgan fingerprint density at radius 3 is 2.83 bits per heavy atom. The van der Waals surface area contributed by atoms with Crippen LogP contribution < -0.4 is 10.2 Å². The highest BCUT2D eigenvalue weighted by Gasteiger charge is 2.13. The molecule has 6 heteroatoms. The molecule has 0 unspecified atom stereocenters. The number of nitriles is 1. The summed E-state index contributed by atoms with van der Waals surface area (Å²) >= 11 is 3.43. The average molecular weight is 373 g/mol. The van der Waals surface area contributed by atoms with Crippen LogP contribution in [-0.4, -0.2) is 24.5 Å². The van der Waals surface area contributed by atoms with Crippen molar-refractivity contribution < 1.29 is 4.79 Å². The summed E-state index contributed by atoms with van der Waals surface area (Å²) in [7, 11) is 1.79. The molecular formula is C17H17BrN4O. The van der Waals surface area contributed by atoms with Crippen LogP contribution in [0.25, 0.3) is 0 Å². The van der Waals surface area contributed by atoms with E-state index in [4.69, 9.17) is 5.26 Å². The van der Waals surface area contributed by atoms with E-state index in [1.807, 2.05) is 37.3 Å². The number of benzene rings is 1. The number of pyridine rings is 1. The van der Waals surface area contributed by atoms with Crippen LogP contribution in [0.5, 0.6) is 0 Å². The van der Waals surface area contributed by atoms with E-state index < -0.39 is 0 Å². The van der Waals surface area contributed by atoms with Crippen LogP contribution in [0.1, 0.15) is 24.1 Å². The predicted molar refractivity (Wildman–Crippen MR) is 92.9 cm³/mol. The second-order valence-corrected chi connectivity index (χ2v) is 6.13. The van der Waals surface area contributed by atoms with Gasteiger partial charge in [-0.15, -0.1) is 0 Å². The van der Waals surface area contributed by atoms with Gasteiger partial charge in [-0.2, -0.15) is 5.26 Å². The number of amides is 1. The van der Waals surface area contributed by atoms with Gasteiger partial charge in [0.05, 0.1) is 18.2 Å². The third-order valence-corrected chi connectivity index (χ3v) is 3.87. The minimum atomic E-state index is -0.0915. The first-order valence-electron chi connectivity index (χ1n) is 7.11. The Morgan fingerprint density at radius 1 is 1.43 bits per heavy atom. The van der Waals surface area contributed by atoms with Crippen molar-refractivity contribution in [3.8, 4) is 6.07 Å². The Labute approximate surface area is 144 Å². The highest BCUT2D eigenvalue weighted by atomic mass is 79.9. The Hall–Kier alpha value is -2.39. The van der Waals surface area contributed by atoms with Crippen molar-refractivity contribution in [3.63, 3.8) is 0 Å². The summed E-state index contributed by atoms with van der Waals surface area (Å²) in [4.78, 5) is 18.1. The fourth-order valence-corrected chi connectivity index (χ4v) is 2.54. The van der Waals surface area contributed by atoms with Gasteiger partial charge in [0.25, 0.3) is 0 Å². The molecule has 118 valence electrons. The lowest BCUT2D eigenvalue weighted by molar-refractivity contribution is -0.120. The molecule has 1 atom stereocenters. The molecule has 0 bridgehead atoms. The number of hydrogen-bond donors (Lipinski definition) is 1. The van der Waals surface area contributed by atoms with Crippen LogP contribution in [0.15, 0.2) is 47.1 Å². The number of carbonyl (C=O) groups excluding carboxylic acids is 1. The zero-order chi connectivity index (χ0) is 16.8. The fourth-order valence-electron chi connectivity index (χ4n) is 2.12. The first-order chi connectivity index (χ1) is 11.0. The Balaban J connectivity index is 1.94. The first-order valence-corrected chi connectivity index (χ1v) is 7.91. The lowest BCUT2D eigenvalue weighted by Crippen LogP contribution is -2.36. The van der Waals surface area contributed by atoms with Crippen molar-refractivity contribution in [1.29, 1.82) is 5.26 Å². The van der Waals surface area contributed by atoms with Crippen LogP contribution >= 0.6 is 15.9 Å². The van der Waals surface area contributed by atoms with Crippen LogP contribution in [0.3, 0.4) is 0 Å². The van der Waals surface area contributed by atoms with E-state index >= 15 is 0 Å². The minimum Gasteiger partial charge on any atom is -0.350 e. The van der Waals surface area contributed by atoms with Crippen LogP contribution in [-0.2, 0) is 4.79 Å². The summed E-state index contributed by atoms with van der Waals surface area (Å²) in [5.41, 5.74) is 1.53. The topological polar surface area (TPSA) is 69.0 Å². The van der Waals surface area contributed by atoms with Gasteiger partial charge < -0.3 is 10.2 Å². The fraction of sp³-hybridized carbons (Fsp3) is 0.235. The first kappa shape index (κ1) is 17.0. The normalized spacial score (nSPS) is 11.4. The molecule has 1 heterocycles. The minimum absolute atomic E-state index is 0.0812. The second kappa shape index (κ2) is 7.75. The van der Waals surface area contributed by atoms with Crippen molar-refractivity contribution in [1.82, 2.24) is 10.3 Å². The molecule has 23 heavy (non-hydrogen) atoms. The van der Waals surface area contributed by atoms with Crippen molar-refractivity contribution in [2.45, 2.75) is 13.0 Å². The molecule has 0 fully saturated rings. The number of anilines is 1. The molecule has 0 saturated heterocycles. The third kappa shape index (κ3) is 4.80. The molecule has 2 rings (SSSR count). The molecule has 1 amide bonds. The van der Waals surface area contributed by atoms with Gasteiger partial charge >= 0.3 is 0 Å². The van der Waals surface area contributed by atoms with Gasteiger partial charge in [0, 0.05) is 17.7 Å². The quantitative estimate of drug-likeness (QED) is 0.875. The second-order valence-electron chi connectivity index (χ2n) is 5.22. The molecule has 0 saturated carbocycles. The molecule has 5 nitrogen and oxygen atoms in total. The third-order valence-electron chi connectivity index (χ3n) is 3.38. The number of carbonyl (C=O) groups is 1. The number of halogens is 1. The average Bonchev–Trinajstić information content (AvgIpc) is 2.54. The van der Waals surface area contributed by atoms with Crippen molar-refractivity contribution in [2.75, 3.05) is 18.5 Å². The molecule has 1 N–H and O–H groups in total. The van der Waals surface area contributed by atoms with E-state index in [-0.39, 0.29) is 18.5 Å². The lowest BCUT2D eigenvalue weighted by Gasteiger charge is -2.20. The van der Waals surface area contributed by atoms with Gasteiger partial charge in [-0.25, -0.2) is 4.98 Å². The van der Waals surface area contributed by atoms with Crippen LogP contribution in [0.4, 0.5) is 5.82 Å². The summed E-state index contributed by atoms with van der Waals surface area (Å²) in [6.45, 7) is 2.14. The van der Waals surface area contributed by atoms with Crippen molar-refractivity contribution in [3.05, 3.63) is 58.2 Å². The van der Waals surface area contributed by atoms with E-state index in [0.29, 0.717) is 11.4 Å². The zero-order valence-electron chi connectivity index (χ0n) is 13.0. The van der Waals surface area contributed by atoms with Crippen LogP contribution in [0, 0.1) is 11.3 Å². The summed E-state index contributed by atoms with van der Waals surface area (Å²) in [6, 6.07) is 13.2. The SMILES string of the molecule is C[C@@H](NC(=O)CN(C)c1ccc(C#N)cn1)c1cccc(Br)c1. The maximum atomic E-state index is 12.2. The van der Waals surface area contributed by atoms with E-state index in [9.17, 15) is 4.79 Å². The molecular weight excluding hydrogens is 356 g/mol. The lowest BCUT2D eigenvalue weighted by atomic mass is 10.1. The number of nitrogens with one attached hydrogen (secondary N) is 1. The zero-order valence-corrected chi connectivity index (χ0v) is 14.5. The highest BCUT2D eigenvalue weighted by Crippen LogP contribution is 2.18. The molecule has 0 aliphatic carbocycles. The van der Waals surface area contributed by atoms with E-state index in [1.165, 1.54) is 6.20 Å². The Morgan fingerprint density at radius 2 is 2.22 bits per heavy atom. The van der Waals surface area contributed by atoms with Crippen molar-refractivity contribution >= 4 is 27.7 Å². The van der Waals surface area contributed by atoms with Gasteiger partial charge in [0.2, 0.25) is 5.91 Å². The molecule has 0 aliphatic heterocycles. The Bertz CT molecular complexity index is 724. The molecule has 1 aromatic heterocycles. The van der Waals surface area contributed by atoms with Crippen LogP contribution in [0.2, 0.25) is 0 Å². The van der Waals surface area contributed by atoms with Gasteiger partial charge in [-0.3, -0.25) is 4.79 Å². The molecule has 0 radical (unpaired) electrons.